The molecule has 164 valence electrons. The van der Waals surface area contributed by atoms with E-state index < -0.39 is 0 Å². The molecular weight excluding hydrogens is 424 g/mol. The molecule has 3 heterocycles. The summed E-state index contributed by atoms with van der Waals surface area (Å²) >= 11 is 0. The van der Waals surface area contributed by atoms with E-state index in [1.54, 1.807) is 0 Å². The van der Waals surface area contributed by atoms with Crippen molar-refractivity contribution >= 4 is 17.1 Å². The maximum Gasteiger partial charge on any atom is 0.0680 e. The Morgan fingerprint density at radius 3 is 2.11 bits per heavy atom. The maximum atomic E-state index is 4.52. The molecule has 2 aliphatic heterocycles. The van der Waals surface area contributed by atoms with Crippen LogP contribution in [-0.4, -0.2) is 4.98 Å². The zero-order valence-electron chi connectivity index (χ0n) is 19.3. The molecule has 0 spiro atoms. The fourth-order valence-electron chi connectivity index (χ4n) is 7.10. The number of hydrogen-bond acceptors (Lipinski definition) is 2. The van der Waals surface area contributed by atoms with Crippen LogP contribution < -0.4 is 4.90 Å². The average molecular weight is 447 g/mol. The third kappa shape index (κ3) is 2.27. The molecule has 0 bridgehead atoms. The van der Waals surface area contributed by atoms with E-state index in [9.17, 15) is 0 Å². The highest BCUT2D eigenvalue weighted by Gasteiger charge is 2.35. The van der Waals surface area contributed by atoms with E-state index in [4.69, 9.17) is 0 Å². The van der Waals surface area contributed by atoms with Gasteiger partial charge < -0.3 is 4.90 Å². The first-order valence-electron chi connectivity index (χ1n) is 12.6. The van der Waals surface area contributed by atoms with Crippen LogP contribution in [0.25, 0.3) is 22.3 Å². The Morgan fingerprint density at radius 1 is 0.514 bits per heavy atom. The van der Waals surface area contributed by atoms with Crippen LogP contribution in [0.4, 0.5) is 17.1 Å². The number of nitrogens with zero attached hydrogens (tertiary/aromatic N) is 2. The third-order valence-corrected chi connectivity index (χ3v) is 8.56. The molecule has 4 aliphatic rings. The van der Waals surface area contributed by atoms with E-state index in [0.29, 0.717) is 0 Å². The summed E-state index contributed by atoms with van der Waals surface area (Å²) in [6.45, 7) is 0. The van der Waals surface area contributed by atoms with E-state index >= 15 is 0 Å². The van der Waals surface area contributed by atoms with Crippen LogP contribution in [0, 0.1) is 0 Å². The largest absolute Gasteiger partial charge is 0.308 e. The molecule has 0 atom stereocenters. The van der Waals surface area contributed by atoms with E-state index in [1.807, 2.05) is 6.20 Å². The minimum absolute atomic E-state index is 0.981. The van der Waals surface area contributed by atoms with Gasteiger partial charge in [-0.25, -0.2) is 0 Å². The van der Waals surface area contributed by atoms with Gasteiger partial charge in [0.1, 0.15) is 0 Å². The van der Waals surface area contributed by atoms with Gasteiger partial charge in [0.15, 0.2) is 0 Å². The first kappa shape index (κ1) is 18.2. The van der Waals surface area contributed by atoms with Gasteiger partial charge in [0, 0.05) is 19.0 Å². The molecule has 2 heteroatoms. The molecule has 0 unspecified atom stereocenters. The Kier molecular flexibility index (Phi) is 3.27. The molecule has 2 aliphatic carbocycles. The van der Waals surface area contributed by atoms with Crippen LogP contribution in [-0.2, 0) is 25.7 Å². The summed E-state index contributed by atoms with van der Waals surface area (Å²) in [5.74, 6) is 0. The van der Waals surface area contributed by atoms with Gasteiger partial charge in [-0.15, -0.1) is 0 Å². The number of rotatable bonds is 0. The molecule has 4 aromatic carbocycles. The molecule has 0 N–H and O–H groups in total. The lowest BCUT2D eigenvalue weighted by Gasteiger charge is -2.39. The smallest absolute Gasteiger partial charge is 0.0680 e. The molecule has 0 fully saturated rings. The van der Waals surface area contributed by atoms with E-state index in [0.717, 1.165) is 25.7 Å². The van der Waals surface area contributed by atoms with Gasteiger partial charge >= 0.3 is 0 Å². The van der Waals surface area contributed by atoms with Crippen LogP contribution in [0.2, 0.25) is 0 Å². The van der Waals surface area contributed by atoms with Gasteiger partial charge in [-0.05, 0) is 97.8 Å². The Morgan fingerprint density at radius 2 is 1.23 bits per heavy atom. The number of para-hydroxylation sites is 1. The molecule has 2 nitrogen and oxygen atoms in total. The minimum atomic E-state index is 0.981. The molecule has 9 rings (SSSR count). The van der Waals surface area contributed by atoms with Crippen LogP contribution in [0.1, 0.15) is 44.5 Å². The van der Waals surface area contributed by atoms with Crippen molar-refractivity contribution < 1.29 is 0 Å². The van der Waals surface area contributed by atoms with E-state index in [-0.39, 0.29) is 0 Å². The predicted molar refractivity (Wildman–Crippen MR) is 141 cm³/mol. The van der Waals surface area contributed by atoms with Crippen molar-refractivity contribution in [1.82, 2.24) is 4.98 Å². The molecule has 0 saturated heterocycles. The first-order valence-corrected chi connectivity index (χ1v) is 12.6. The van der Waals surface area contributed by atoms with Crippen molar-refractivity contribution in [3.05, 3.63) is 130 Å². The highest BCUT2D eigenvalue weighted by molar-refractivity contribution is 5.98. The summed E-state index contributed by atoms with van der Waals surface area (Å²) < 4.78 is 0. The van der Waals surface area contributed by atoms with Crippen molar-refractivity contribution in [3.63, 3.8) is 0 Å². The number of anilines is 3. The molecule has 1 aromatic heterocycles. The summed E-state index contributed by atoms with van der Waals surface area (Å²) in [4.78, 5) is 7.02. The first-order chi connectivity index (χ1) is 17.3. The lowest BCUT2D eigenvalue weighted by molar-refractivity contribution is 0.999. The lowest BCUT2D eigenvalue weighted by atomic mass is 9.85. The van der Waals surface area contributed by atoms with Gasteiger partial charge in [0.05, 0.1) is 23.3 Å². The zero-order valence-corrected chi connectivity index (χ0v) is 19.3. The van der Waals surface area contributed by atoms with Crippen molar-refractivity contribution in [2.75, 3.05) is 4.90 Å². The minimum Gasteiger partial charge on any atom is -0.308 e. The van der Waals surface area contributed by atoms with Gasteiger partial charge in [-0.3, -0.25) is 4.98 Å². The second-order valence-electron chi connectivity index (χ2n) is 10.4. The molecular formula is C33H22N2. The second kappa shape index (κ2) is 6.28. The van der Waals surface area contributed by atoms with Crippen molar-refractivity contribution in [2.45, 2.75) is 25.7 Å². The Balaban J connectivity index is 1.30. The Labute approximate surface area is 204 Å². The van der Waals surface area contributed by atoms with E-state index in [1.165, 1.54) is 83.8 Å². The predicted octanol–water partition coefficient (Wildman–Crippen LogP) is 7.50. The highest BCUT2D eigenvalue weighted by Crippen LogP contribution is 2.54. The van der Waals surface area contributed by atoms with Crippen LogP contribution in [0.5, 0.6) is 0 Å². The zero-order chi connectivity index (χ0) is 22.7. The fourth-order valence-corrected chi connectivity index (χ4v) is 7.10. The Bertz CT molecular complexity index is 1760. The highest BCUT2D eigenvalue weighted by atomic mass is 15.2. The summed E-state index contributed by atoms with van der Waals surface area (Å²) in [7, 11) is 0. The number of hydrogen-bond donors (Lipinski definition) is 0. The summed E-state index contributed by atoms with van der Waals surface area (Å²) in [6.07, 6.45) is 8.00. The monoisotopic (exact) mass is 446 g/mol. The summed E-state index contributed by atoms with van der Waals surface area (Å²) in [6, 6.07) is 27.7. The number of pyridine rings is 1. The van der Waals surface area contributed by atoms with Crippen LogP contribution in [0.15, 0.2) is 85.2 Å². The fraction of sp³-hybridized carbons (Fsp3) is 0.121. The normalized spacial score (nSPS) is 14.9. The van der Waals surface area contributed by atoms with Gasteiger partial charge in [0.25, 0.3) is 0 Å². The summed E-state index contributed by atoms with van der Waals surface area (Å²) in [5.41, 5.74) is 21.2. The number of benzene rings is 4. The quantitative estimate of drug-likeness (QED) is 0.240. The molecule has 5 aromatic rings. The standard InChI is InChI=1S/C33H22N2/c1-2-7-27-19(4-1)12-21-8-9-22-14-25-17-29-26(16-28(25)32(22)31(21)27)15-24-6-3-5-23-13-20-10-11-34-18-30(20)35(29)33(23)24/h1-11,16-18H,12-15H2. The van der Waals surface area contributed by atoms with Gasteiger partial charge in [-0.2, -0.15) is 0 Å². The molecule has 0 radical (unpaired) electrons. The maximum absolute atomic E-state index is 4.52. The SMILES string of the molecule is c1ccc2c(c1)Cc1ccc3c(c1-2)-c1cc2c(cc1C3)N1c3cnccc3Cc3cccc(c31)C2. The molecule has 0 amide bonds. The van der Waals surface area contributed by atoms with Crippen molar-refractivity contribution in [2.24, 2.45) is 0 Å². The van der Waals surface area contributed by atoms with Crippen LogP contribution >= 0.6 is 0 Å². The van der Waals surface area contributed by atoms with Crippen molar-refractivity contribution in [1.29, 1.82) is 0 Å². The van der Waals surface area contributed by atoms with Crippen LogP contribution in [0.3, 0.4) is 0 Å². The number of aromatic nitrogens is 1. The number of fused-ring (bicyclic) bond motifs is 11. The average Bonchev–Trinajstić information content (AvgIpc) is 3.44. The Hall–Kier alpha value is -4.17. The second-order valence-corrected chi connectivity index (χ2v) is 10.4. The topological polar surface area (TPSA) is 16.1 Å². The molecule has 35 heavy (non-hydrogen) atoms. The van der Waals surface area contributed by atoms with E-state index in [2.05, 4.69) is 88.9 Å². The van der Waals surface area contributed by atoms with Gasteiger partial charge in [-0.1, -0.05) is 54.6 Å². The third-order valence-electron chi connectivity index (χ3n) is 8.56. The lowest BCUT2D eigenvalue weighted by Crippen LogP contribution is -2.25. The van der Waals surface area contributed by atoms with Crippen molar-refractivity contribution in [3.8, 4) is 22.3 Å². The van der Waals surface area contributed by atoms with Gasteiger partial charge in [0.2, 0.25) is 0 Å². The molecule has 0 saturated carbocycles. The summed E-state index contributed by atoms with van der Waals surface area (Å²) in [5, 5.41) is 0.